The Kier molecular flexibility index (Phi) is 7.82. The lowest BCUT2D eigenvalue weighted by Crippen LogP contribution is -2.39. The van der Waals surface area contributed by atoms with Gasteiger partial charge in [-0.2, -0.15) is 18.4 Å². The number of aryl methyl sites for hydroxylation is 3. The molecule has 3 aromatic rings. The minimum absolute atomic E-state index is 0.0219. The average molecular weight is 592 g/mol. The van der Waals surface area contributed by atoms with E-state index in [1.54, 1.807) is 0 Å². The van der Waals surface area contributed by atoms with Gasteiger partial charge in [0.1, 0.15) is 18.2 Å². The normalized spacial score (nSPS) is 17.3. The maximum atomic E-state index is 13.7. The molecule has 0 saturated carbocycles. The van der Waals surface area contributed by atoms with Gasteiger partial charge in [-0.3, -0.25) is 9.69 Å². The lowest BCUT2D eigenvalue weighted by atomic mass is 9.74. The van der Waals surface area contributed by atoms with Crippen LogP contribution in [0.15, 0.2) is 77.3 Å². The summed E-state index contributed by atoms with van der Waals surface area (Å²) >= 11 is 6.42. The lowest BCUT2D eigenvalue weighted by molar-refractivity contribution is -0.137. The summed E-state index contributed by atoms with van der Waals surface area (Å²) in [5, 5.41) is 10.4. The highest BCUT2D eigenvalue weighted by Gasteiger charge is 2.42. The van der Waals surface area contributed by atoms with Gasteiger partial charge in [0.2, 0.25) is 0 Å². The number of hydrogen-bond donors (Lipinski definition) is 1. The summed E-state index contributed by atoms with van der Waals surface area (Å²) in [6, 6.07) is 16.8. The maximum Gasteiger partial charge on any atom is 0.416 e. The van der Waals surface area contributed by atoms with Crippen molar-refractivity contribution in [1.29, 1.82) is 5.26 Å². The molecule has 5 nitrogen and oxygen atoms in total. The number of nitriles is 1. The molecule has 216 valence electrons. The molecule has 0 bridgehead atoms. The molecule has 42 heavy (non-hydrogen) atoms. The van der Waals surface area contributed by atoms with Crippen LogP contribution < -0.4 is 15.4 Å². The van der Waals surface area contributed by atoms with Crippen LogP contribution in [-0.2, 0) is 17.6 Å². The van der Waals surface area contributed by atoms with Gasteiger partial charge in [0.15, 0.2) is 5.78 Å². The second kappa shape index (κ2) is 11.2. The third-order valence-corrected chi connectivity index (χ3v) is 8.20. The Morgan fingerprint density at radius 3 is 2.43 bits per heavy atom. The van der Waals surface area contributed by atoms with E-state index in [1.807, 2.05) is 57.2 Å². The molecular formula is C33H29ClF3N3O2. The molecule has 0 aromatic heterocycles. The number of ketones is 1. The molecule has 0 fully saturated rings. The Morgan fingerprint density at radius 2 is 1.76 bits per heavy atom. The van der Waals surface area contributed by atoms with Crippen molar-refractivity contribution < 1.29 is 22.7 Å². The first-order valence-electron chi connectivity index (χ1n) is 13.5. The Hall–Kier alpha value is -4.22. The fourth-order valence-electron chi connectivity index (χ4n) is 5.71. The van der Waals surface area contributed by atoms with E-state index < -0.39 is 17.7 Å². The van der Waals surface area contributed by atoms with Crippen molar-refractivity contribution in [3.8, 4) is 11.8 Å². The van der Waals surface area contributed by atoms with E-state index in [0.717, 1.165) is 46.0 Å². The monoisotopic (exact) mass is 591 g/mol. The van der Waals surface area contributed by atoms with Crippen LogP contribution >= 0.6 is 11.6 Å². The van der Waals surface area contributed by atoms with E-state index >= 15 is 0 Å². The molecule has 1 aliphatic heterocycles. The number of halogens is 4. The number of carbonyl (C=O) groups is 1. The molecule has 2 N–H and O–H groups in total. The molecule has 0 amide bonds. The largest absolute Gasteiger partial charge is 0.489 e. The number of Topliss-reactive ketones (excluding diaryl/α,β-unsaturated/α-hetero) is 1. The molecule has 1 heterocycles. The summed E-state index contributed by atoms with van der Waals surface area (Å²) in [6.45, 7) is 6.13. The predicted octanol–water partition coefficient (Wildman–Crippen LogP) is 8.17. The number of nitrogens with two attached hydrogens (primary N) is 1. The van der Waals surface area contributed by atoms with E-state index in [9.17, 15) is 23.2 Å². The molecule has 5 rings (SSSR count). The van der Waals surface area contributed by atoms with Gasteiger partial charge >= 0.3 is 6.18 Å². The first kappa shape index (κ1) is 29.3. The van der Waals surface area contributed by atoms with Crippen LogP contribution in [0.2, 0.25) is 5.02 Å². The summed E-state index contributed by atoms with van der Waals surface area (Å²) in [6.07, 6.45) is -3.48. The van der Waals surface area contributed by atoms with Crippen LogP contribution in [0.5, 0.6) is 5.75 Å². The van der Waals surface area contributed by atoms with Gasteiger partial charge in [-0.25, -0.2) is 0 Å². The van der Waals surface area contributed by atoms with Crippen LogP contribution in [-0.4, -0.2) is 5.78 Å². The molecule has 0 spiro atoms. The third-order valence-electron chi connectivity index (χ3n) is 7.88. The first-order chi connectivity index (χ1) is 19.9. The number of anilines is 1. The zero-order chi connectivity index (χ0) is 30.3. The summed E-state index contributed by atoms with van der Waals surface area (Å²) in [5.74, 6) is -0.290. The maximum absolute atomic E-state index is 13.7. The molecule has 0 saturated heterocycles. The van der Waals surface area contributed by atoms with Crippen molar-refractivity contribution in [2.45, 2.75) is 58.7 Å². The zero-order valence-electron chi connectivity index (χ0n) is 23.4. The lowest BCUT2D eigenvalue weighted by Gasteiger charge is -2.40. The van der Waals surface area contributed by atoms with Gasteiger partial charge in [-0.1, -0.05) is 41.4 Å². The summed E-state index contributed by atoms with van der Waals surface area (Å²) in [5.41, 5.74) is 11.1. The third kappa shape index (κ3) is 5.37. The highest BCUT2D eigenvalue weighted by atomic mass is 35.5. The zero-order valence-corrected chi connectivity index (χ0v) is 24.2. The standard InChI is InChI=1S/C33H29ClF3N3O2/c1-18-7-10-23(11-8-18)42-17-21-14-24(20(3)13-19(21)2)30-25(16-38)32(39)40(27-5-4-6-29(41)31(27)30)28-15-22(33(35,36)37)9-12-26(28)34/h7-15,30H,4-6,17,39H2,1-3H3. The molecule has 1 aliphatic carbocycles. The van der Waals surface area contributed by atoms with Gasteiger partial charge in [0, 0.05) is 17.7 Å². The minimum atomic E-state index is -4.62. The number of alkyl halides is 3. The van der Waals surface area contributed by atoms with Crippen LogP contribution in [0.3, 0.4) is 0 Å². The highest BCUT2D eigenvalue weighted by molar-refractivity contribution is 6.33. The van der Waals surface area contributed by atoms with Crippen LogP contribution in [0.25, 0.3) is 0 Å². The van der Waals surface area contributed by atoms with E-state index in [4.69, 9.17) is 22.1 Å². The highest BCUT2D eigenvalue weighted by Crippen LogP contribution is 2.49. The first-order valence-corrected chi connectivity index (χ1v) is 13.9. The minimum Gasteiger partial charge on any atom is -0.489 e. The SMILES string of the molecule is Cc1ccc(OCc2cc(C3C(C#N)=C(N)N(c4cc(C(F)(F)F)ccc4Cl)C4=C3C(=O)CCC4)c(C)cc2C)cc1. The van der Waals surface area contributed by atoms with Crippen molar-refractivity contribution in [2.24, 2.45) is 5.73 Å². The van der Waals surface area contributed by atoms with Gasteiger partial charge in [0.25, 0.3) is 0 Å². The Balaban J connectivity index is 1.65. The molecule has 9 heteroatoms. The van der Waals surface area contributed by atoms with E-state index in [2.05, 4.69) is 6.07 Å². The van der Waals surface area contributed by atoms with Crippen molar-refractivity contribution >= 4 is 23.1 Å². The number of hydrogen-bond acceptors (Lipinski definition) is 5. The van der Waals surface area contributed by atoms with Crippen LogP contribution in [0.1, 0.15) is 58.6 Å². The van der Waals surface area contributed by atoms with Gasteiger partial charge < -0.3 is 10.5 Å². The molecular weight excluding hydrogens is 563 g/mol. The average Bonchev–Trinajstić information content (AvgIpc) is 2.93. The topological polar surface area (TPSA) is 79.3 Å². The fraction of sp³-hybridized carbons (Fsp3) is 0.273. The number of ether oxygens (including phenoxy) is 1. The van der Waals surface area contributed by atoms with Crippen molar-refractivity contribution in [1.82, 2.24) is 0 Å². The fourth-order valence-corrected chi connectivity index (χ4v) is 5.91. The van der Waals surface area contributed by atoms with Crippen molar-refractivity contribution in [3.63, 3.8) is 0 Å². The Labute approximate surface area is 247 Å². The summed E-state index contributed by atoms with van der Waals surface area (Å²) in [7, 11) is 0. The number of carbonyl (C=O) groups excluding carboxylic acids is 1. The predicted molar refractivity (Wildman–Crippen MR) is 156 cm³/mol. The number of benzene rings is 3. The molecule has 3 aromatic carbocycles. The van der Waals surface area contributed by atoms with Crippen LogP contribution in [0.4, 0.5) is 18.9 Å². The summed E-state index contributed by atoms with van der Waals surface area (Å²) < 4.78 is 47.0. The van der Waals surface area contributed by atoms with E-state index in [0.29, 0.717) is 29.9 Å². The second-order valence-corrected chi connectivity index (χ2v) is 11.1. The quantitative estimate of drug-likeness (QED) is 0.324. The van der Waals surface area contributed by atoms with Crippen molar-refractivity contribution in [3.05, 3.63) is 116 Å². The molecule has 0 radical (unpaired) electrons. The molecule has 1 unspecified atom stereocenters. The van der Waals surface area contributed by atoms with E-state index in [1.165, 1.54) is 4.90 Å². The van der Waals surface area contributed by atoms with Crippen LogP contribution in [0, 0.1) is 32.1 Å². The second-order valence-electron chi connectivity index (χ2n) is 10.7. The van der Waals surface area contributed by atoms with Gasteiger partial charge in [-0.15, -0.1) is 0 Å². The number of nitrogens with zero attached hydrogens (tertiary/aromatic N) is 2. The number of rotatable bonds is 5. The van der Waals surface area contributed by atoms with Crippen molar-refractivity contribution in [2.75, 3.05) is 4.90 Å². The Bertz CT molecular complexity index is 1680. The molecule has 2 aliphatic rings. The van der Waals surface area contributed by atoms with Gasteiger partial charge in [0.05, 0.1) is 33.8 Å². The van der Waals surface area contributed by atoms with E-state index in [-0.39, 0.29) is 40.9 Å². The number of allylic oxidation sites excluding steroid dienone is 3. The Morgan fingerprint density at radius 1 is 1.05 bits per heavy atom. The van der Waals surface area contributed by atoms with Gasteiger partial charge in [-0.05, 0) is 86.2 Å². The summed E-state index contributed by atoms with van der Waals surface area (Å²) in [4.78, 5) is 14.9. The smallest absolute Gasteiger partial charge is 0.416 e. The molecule has 1 atom stereocenters.